The van der Waals surface area contributed by atoms with Crippen LogP contribution in [0.5, 0.6) is 0 Å². The van der Waals surface area contributed by atoms with Gasteiger partial charge in [0.25, 0.3) is 0 Å². The fourth-order valence-corrected chi connectivity index (χ4v) is 26.2. The SMILES string of the molecule is C[Si](C)(C)N(PN([Si](C)(C)C)[Si](C)(C)C)[Si](C)(C)C. The van der Waals surface area contributed by atoms with Crippen LogP contribution in [0.25, 0.3) is 0 Å². The van der Waals surface area contributed by atoms with Crippen LogP contribution < -0.4 is 0 Å². The van der Waals surface area contributed by atoms with Crippen LogP contribution in [0.15, 0.2) is 0 Å². The Labute approximate surface area is 128 Å². The molecule has 0 aromatic rings. The van der Waals surface area contributed by atoms with E-state index in [1.54, 1.807) is 0 Å². The zero-order valence-corrected chi connectivity index (χ0v) is 20.4. The molecule has 0 saturated heterocycles. The van der Waals surface area contributed by atoms with Crippen LogP contribution in [0.3, 0.4) is 0 Å². The quantitative estimate of drug-likeness (QED) is 0.464. The minimum absolute atomic E-state index is 0.934. The van der Waals surface area contributed by atoms with Crippen LogP contribution in [0.2, 0.25) is 78.6 Å². The smallest absolute Gasteiger partial charge is 0.116 e. The third-order valence-corrected chi connectivity index (χ3v) is 25.9. The molecule has 116 valence electrons. The van der Waals surface area contributed by atoms with E-state index in [9.17, 15) is 0 Å². The van der Waals surface area contributed by atoms with E-state index in [0.29, 0.717) is 0 Å². The second kappa shape index (κ2) is 6.14. The lowest BCUT2D eigenvalue weighted by Gasteiger charge is -2.52. The second-order valence-corrected chi connectivity index (χ2v) is 32.4. The van der Waals surface area contributed by atoms with Gasteiger partial charge in [0.2, 0.25) is 0 Å². The Bertz CT molecular complexity index is 239. The van der Waals surface area contributed by atoms with Gasteiger partial charge < -0.3 is 8.00 Å². The first-order chi connectivity index (χ1) is 7.97. The van der Waals surface area contributed by atoms with Crippen molar-refractivity contribution in [1.82, 2.24) is 8.00 Å². The molecule has 0 aromatic heterocycles. The molecule has 0 spiro atoms. The van der Waals surface area contributed by atoms with Gasteiger partial charge in [-0.15, -0.1) is 0 Å². The van der Waals surface area contributed by atoms with Crippen LogP contribution in [0, 0.1) is 0 Å². The molecule has 0 aliphatic heterocycles. The standard InChI is InChI=1S/C12H37N2PSi4/c1-16(2,3)13(17(4,5)6)15-14(18(7,8)9)19(10,11)12/h15H,1-12H3. The van der Waals surface area contributed by atoms with Crippen molar-refractivity contribution in [3.8, 4) is 0 Å². The first-order valence-electron chi connectivity index (χ1n) is 7.34. The van der Waals surface area contributed by atoms with Crippen molar-refractivity contribution in [2.45, 2.75) is 78.6 Å². The predicted octanol–water partition coefficient (Wildman–Crippen LogP) is 5.44. The third-order valence-electron chi connectivity index (χ3n) is 2.88. The molecule has 0 fully saturated rings. The fourth-order valence-electron chi connectivity index (χ4n) is 2.71. The maximum atomic E-state index is 2.97. The van der Waals surface area contributed by atoms with Crippen LogP contribution in [0.4, 0.5) is 0 Å². The van der Waals surface area contributed by atoms with Crippen molar-refractivity contribution in [2.75, 3.05) is 0 Å². The Morgan fingerprint density at radius 2 is 0.579 bits per heavy atom. The van der Waals surface area contributed by atoms with Crippen molar-refractivity contribution in [2.24, 2.45) is 0 Å². The van der Waals surface area contributed by atoms with Crippen molar-refractivity contribution >= 4 is 41.8 Å². The van der Waals surface area contributed by atoms with Gasteiger partial charge in [-0.1, -0.05) is 78.6 Å². The van der Waals surface area contributed by atoms with Crippen molar-refractivity contribution in [1.29, 1.82) is 0 Å². The van der Waals surface area contributed by atoms with Crippen LogP contribution in [0.1, 0.15) is 0 Å². The highest BCUT2D eigenvalue weighted by Crippen LogP contribution is 2.41. The Balaban J connectivity index is 5.43. The van der Waals surface area contributed by atoms with Gasteiger partial charge in [0.1, 0.15) is 32.9 Å². The van der Waals surface area contributed by atoms with E-state index in [4.69, 9.17) is 0 Å². The predicted molar refractivity (Wildman–Crippen MR) is 105 cm³/mol. The highest BCUT2D eigenvalue weighted by molar-refractivity contribution is 7.46. The molecular weight excluding hydrogens is 315 g/mol. The lowest BCUT2D eigenvalue weighted by Crippen LogP contribution is -2.61. The molecule has 0 aliphatic carbocycles. The fraction of sp³-hybridized carbons (Fsp3) is 1.00. The topological polar surface area (TPSA) is 6.48 Å². The summed E-state index contributed by atoms with van der Waals surface area (Å²) in [7, 11) is -4.00. The van der Waals surface area contributed by atoms with Gasteiger partial charge in [-0.25, -0.2) is 0 Å². The van der Waals surface area contributed by atoms with Crippen molar-refractivity contribution < 1.29 is 0 Å². The molecule has 0 rings (SSSR count). The second-order valence-electron chi connectivity index (χ2n) is 9.45. The normalized spacial score (nSPS) is 15.5. The molecule has 0 aromatic carbocycles. The number of nitrogens with zero attached hydrogens (tertiary/aromatic N) is 2. The molecule has 0 heterocycles. The van der Waals surface area contributed by atoms with Gasteiger partial charge in [0.15, 0.2) is 0 Å². The summed E-state index contributed by atoms with van der Waals surface area (Å²) in [4.78, 5) is 0. The van der Waals surface area contributed by atoms with E-state index in [0.717, 1.165) is 8.88 Å². The first-order valence-corrected chi connectivity index (χ1v) is 22.0. The Hall–Kier alpha value is 1.22. The van der Waals surface area contributed by atoms with Crippen LogP contribution in [-0.2, 0) is 0 Å². The monoisotopic (exact) mass is 352 g/mol. The van der Waals surface area contributed by atoms with Gasteiger partial charge in [-0.05, 0) is 8.88 Å². The average Bonchev–Trinajstić information content (AvgIpc) is 1.91. The van der Waals surface area contributed by atoms with Crippen molar-refractivity contribution in [3.05, 3.63) is 0 Å². The lowest BCUT2D eigenvalue weighted by molar-refractivity contribution is 0.888. The molecule has 0 radical (unpaired) electrons. The van der Waals surface area contributed by atoms with Gasteiger partial charge in [0, 0.05) is 0 Å². The summed E-state index contributed by atoms with van der Waals surface area (Å²) >= 11 is 0. The van der Waals surface area contributed by atoms with Crippen molar-refractivity contribution in [3.63, 3.8) is 0 Å². The summed E-state index contributed by atoms with van der Waals surface area (Å²) in [6, 6.07) is 0. The maximum absolute atomic E-state index is 2.97. The summed E-state index contributed by atoms with van der Waals surface area (Å²) in [5.41, 5.74) is 0. The van der Waals surface area contributed by atoms with Gasteiger partial charge in [0.05, 0.1) is 0 Å². The third kappa shape index (κ3) is 6.67. The van der Waals surface area contributed by atoms with E-state index in [1.165, 1.54) is 0 Å². The summed E-state index contributed by atoms with van der Waals surface area (Å²) in [5.74, 6) is 0. The number of hydrogen-bond acceptors (Lipinski definition) is 2. The Morgan fingerprint density at radius 1 is 0.421 bits per heavy atom. The van der Waals surface area contributed by atoms with E-state index >= 15 is 0 Å². The molecule has 19 heavy (non-hydrogen) atoms. The van der Waals surface area contributed by atoms with Crippen LogP contribution in [-0.4, -0.2) is 40.9 Å². The van der Waals surface area contributed by atoms with Gasteiger partial charge >= 0.3 is 0 Å². The minimum Gasteiger partial charge on any atom is -0.316 e. The summed E-state index contributed by atoms with van der Waals surface area (Å²) in [5, 5.41) is 0. The average molecular weight is 353 g/mol. The van der Waals surface area contributed by atoms with Gasteiger partial charge in [-0.3, -0.25) is 0 Å². The zero-order valence-electron chi connectivity index (χ0n) is 15.4. The molecule has 0 aliphatic rings. The summed E-state index contributed by atoms with van der Waals surface area (Å²) in [6.07, 6.45) is 0. The Morgan fingerprint density at radius 3 is 0.684 bits per heavy atom. The zero-order chi connectivity index (χ0) is 15.9. The van der Waals surface area contributed by atoms with E-state index in [-0.39, 0.29) is 0 Å². The maximum Gasteiger partial charge on any atom is 0.116 e. The Kier molecular flexibility index (Phi) is 6.54. The van der Waals surface area contributed by atoms with E-state index < -0.39 is 32.9 Å². The molecule has 0 bridgehead atoms. The molecule has 0 saturated carbocycles. The van der Waals surface area contributed by atoms with E-state index in [2.05, 4.69) is 86.6 Å². The number of rotatable bonds is 6. The first kappa shape index (κ1) is 20.2. The molecule has 0 amide bonds. The molecule has 2 nitrogen and oxygen atoms in total. The van der Waals surface area contributed by atoms with Gasteiger partial charge in [-0.2, -0.15) is 0 Å². The molecular formula is C12H37N2PSi4. The molecule has 7 heteroatoms. The molecule has 0 unspecified atom stereocenters. The lowest BCUT2D eigenvalue weighted by atomic mass is 11.8. The minimum atomic E-state index is -1.23. The number of hydrogen-bond donors (Lipinski definition) is 0. The highest BCUT2D eigenvalue weighted by atomic mass is 31.1. The highest BCUT2D eigenvalue weighted by Gasteiger charge is 2.41. The summed E-state index contributed by atoms with van der Waals surface area (Å²) < 4.78 is 5.94. The molecule has 0 N–H and O–H groups in total. The van der Waals surface area contributed by atoms with E-state index in [1.807, 2.05) is 0 Å². The summed E-state index contributed by atoms with van der Waals surface area (Å²) in [6.45, 7) is 30.2. The largest absolute Gasteiger partial charge is 0.316 e. The van der Waals surface area contributed by atoms with Crippen LogP contribution >= 0.6 is 8.88 Å². The molecule has 0 atom stereocenters.